The first-order chi connectivity index (χ1) is 8.58. The van der Waals surface area contributed by atoms with Gasteiger partial charge in [-0.1, -0.05) is 12.1 Å². The van der Waals surface area contributed by atoms with Crippen LogP contribution in [0.2, 0.25) is 0 Å². The van der Waals surface area contributed by atoms with Crippen molar-refractivity contribution in [3.8, 4) is 11.1 Å². The molecule has 0 radical (unpaired) electrons. The van der Waals surface area contributed by atoms with Crippen LogP contribution in [0.4, 0.5) is 0 Å². The number of nitrogens with zero attached hydrogens (tertiary/aromatic N) is 1. The van der Waals surface area contributed by atoms with Crippen molar-refractivity contribution in [1.29, 1.82) is 0 Å². The highest BCUT2D eigenvalue weighted by molar-refractivity contribution is 5.88. The molecule has 2 rings (SSSR count). The van der Waals surface area contributed by atoms with E-state index in [1.165, 1.54) is 0 Å². The molecule has 0 saturated carbocycles. The monoisotopic (exact) mass is 242 g/mol. The summed E-state index contributed by atoms with van der Waals surface area (Å²) in [5.41, 5.74) is 8.89. The predicted octanol–water partition coefficient (Wildman–Crippen LogP) is 2.47. The van der Waals surface area contributed by atoms with Crippen LogP contribution in [0.5, 0.6) is 0 Å². The van der Waals surface area contributed by atoms with Crippen LogP contribution in [0.3, 0.4) is 0 Å². The Morgan fingerprint density at radius 2 is 1.89 bits per heavy atom. The first-order valence-corrected chi connectivity index (χ1v) is 5.62. The van der Waals surface area contributed by atoms with Gasteiger partial charge in [0.15, 0.2) is 0 Å². The minimum Gasteiger partial charge on any atom is -0.478 e. The molecule has 0 spiro atoms. The highest BCUT2D eigenvalue weighted by Gasteiger charge is 2.05. The molecular formula is C14H14N2O2. The molecule has 0 aliphatic carbocycles. The number of nitrogens with two attached hydrogens (primary N) is 1. The molecule has 1 unspecified atom stereocenters. The molecule has 0 bridgehead atoms. The summed E-state index contributed by atoms with van der Waals surface area (Å²) >= 11 is 0. The molecule has 0 aliphatic heterocycles. The maximum Gasteiger partial charge on any atom is 0.335 e. The Balaban J connectivity index is 2.36. The number of hydrogen-bond donors (Lipinski definition) is 2. The Kier molecular flexibility index (Phi) is 3.39. The summed E-state index contributed by atoms with van der Waals surface area (Å²) in [6, 6.07) is 8.59. The first-order valence-electron chi connectivity index (χ1n) is 5.62. The number of carboxylic acid groups (broad SMARTS) is 1. The lowest BCUT2D eigenvalue weighted by Gasteiger charge is -2.07. The van der Waals surface area contributed by atoms with Gasteiger partial charge in [-0.25, -0.2) is 4.79 Å². The van der Waals surface area contributed by atoms with Gasteiger partial charge in [-0.15, -0.1) is 0 Å². The number of pyridine rings is 1. The van der Waals surface area contributed by atoms with Crippen LogP contribution in [-0.4, -0.2) is 16.1 Å². The minimum atomic E-state index is -0.927. The van der Waals surface area contributed by atoms with Crippen molar-refractivity contribution < 1.29 is 9.90 Å². The molecule has 4 heteroatoms. The molecular weight excluding hydrogens is 228 g/mol. The van der Waals surface area contributed by atoms with Crippen LogP contribution < -0.4 is 5.73 Å². The smallest absolute Gasteiger partial charge is 0.335 e. The molecule has 1 aromatic carbocycles. The van der Waals surface area contributed by atoms with Crippen LogP contribution in [0.25, 0.3) is 11.1 Å². The lowest BCUT2D eigenvalue weighted by Crippen LogP contribution is -2.05. The standard InChI is InChI=1S/C14H14N2O2/c1-9(15)12-6-13(8-16-7-12)10-2-4-11(5-3-10)14(17)18/h2-9H,15H2,1H3,(H,17,18). The van der Waals surface area contributed by atoms with Crippen LogP contribution in [0.1, 0.15) is 28.9 Å². The van der Waals surface area contributed by atoms with E-state index in [2.05, 4.69) is 4.98 Å². The molecule has 1 heterocycles. The summed E-state index contributed by atoms with van der Waals surface area (Å²) < 4.78 is 0. The number of carbonyl (C=O) groups is 1. The van der Waals surface area contributed by atoms with Crippen molar-refractivity contribution >= 4 is 5.97 Å². The van der Waals surface area contributed by atoms with E-state index >= 15 is 0 Å². The number of benzene rings is 1. The summed E-state index contributed by atoms with van der Waals surface area (Å²) in [5, 5.41) is 8.83. The van der Waals surface area contributed by atoms with Gasteiger partial charge in [0.2, 0.25) is 0 Å². The van der Waals surface area contributed by atoms with Gasteiger partial charge in [-0.3, -0.25) is 4.98 Å². The van der Waals surface area contributed by atoms with E-state index in [4.69, 9.17) is 10.8 Å². The number of aromatic carboxylic acids is 1. The Hall–Kier alpha value is -2.20. The van der Waals surface area contributed by atoms with Gasteiger partial charge < -0.3 is 10.8 Å². The molecule has 0 amide bonds. The zero-order chi connectivity index (χ0) is 13.1. The van der Waals surface area contributed by atoms with Crippen LogP contribution in [0, 0.1) is 0 Å². The van der Waals surface area contributed by atoms with E-state index in [9.17, 15) is 4.79 Å². The lowest BCUT2D eigenvalue weighted by atomic mass is 10.0. The number of aromatic nitrogens is 1. The number of hydrogen-bond acceptors (Lipinski definition) is 3. The Morgan fingerprint density at radius 3 is 2.44 bits per heavy atom. The second kappa shape index (κ2) is 4.98. The van der Waals surface area contributed by atoms with Crippen LogP contribution in [-0.2, 0) is 0 Å². The zero-order valence-electron chi connectivity index (χ0n) is 10.00. The van der Waals surface area contributed by atoms with Gasteiger partial charge in [-0.05, 0) is 36.2 Å². The van der Waals surface area contributed by atoms with Gasteiger partial charge in [0.05, 0.1) is 5.56 Å². The summed E-state index contributed by atoms with van der Waals surface area (Å²) in [7, 11) is 0. The van der Waals surface area contributed by atoms with Crippen molar-refractivity contribution in [3.63, 3.8) is 0 Å². The fraction of sp³-hybridized carbons (Fsp3) is 0.143. The highest BCUT2D eigenvalue weighted by atomic mass is 16.4. The Labute approximate surface area is 105 Å². The third kappa shape index (κ3) is 2.55. The fourth-order valence-corrected chi connectivity index (χ4v) is 1.67. The molecule has 0 saturated heterocycles. The third-order valence-electron chi connectivity index (χ3n) is 2.75. The molecule has 92 valence electrons. The van der Waals surface area contributed by atoms with Crippen molar-refractivity contribution in [1.82, 2.24) is 4.98 Å². The second-order valence-corrected chi connectivity index (χ2v) is 4.18. The van der Waals surface area contributed by atoms with Crippen molar-refractivity contribution in [2.45, 2.75) is 13.0 Å². The topological polar surface area (TPSA) is 76.2 Å². The largest absolute Gasteiger partial charge is 0.478 e. The molecule has 0 fully saturated rings. The van der Waals surface area contributed by atoms with E-state index in [-0.39, 0.29) is 11.6 Å². The zero-order valence-corrected chi connectivity index (χ0v) is 10.00. The van der Waals surface area contributed by atoms with E-state index in [0.29, 0.717) is 0 Å². The molecule has 2 aromatic rings. The van der Waals surface area contributed by atoms with Crippen molar-refractivity contribution in [2.24, 2.45) is 5.73 Å². The number of carboxylic acids is 1. The maximum atomic E-state index is 10.8. The molecule has 3 N–H and O–H groups in total. The van der Waals surface area contributed by atoms with Crippen molar-refractivity contribution in [3.05, 3.63) is 53.9 Å². The maximum absolute atomic E-state index is 10.8. The van der Waals surface area contributed by atoms with Gasteiger partial charge in [0.25, 0.3) is 0 Å². The number of rotatable bonds is 3. The average Bonchev–Trinajstić information content (AvgIpc) is 2.39. The normalized spacial score (nSPS) is 12.1. The molecule has 0 aliphatic rings. The van der Waals surface area contributed by atoms with Gasteiger partial charge in [0, 0.05) is 24.0 Å². The summed E-state index contributed by atoms with van der Waals surface area (Å²) in [4.78, 5) is 14.9. The van der Waals surface area contributed by atoms with Gasteiger partial charge in [-0.2, -0.15) is 0 Å². The van der Waals surface area contributed by atoms with E-state index in [1.807, 2.05) is 13.0 Å². The quantitative estimate of drug-likeness (QED) is 0.866. The predicted molar refractivity (Wildman–Crippen MR) is 69.2 cm³/mol. The summed E-state index contributed by atoms with van der Waals surface area (Å²) in [6.45, 7) is 1.90. The summed E-state index contributed by atoms with van der Waals surface area (Å²) in [5.74, 6) is -0.927. The third-order valence-corrected chi connectivity index (χ3v) is 2.75. The summed E-state index contributed by atoms with van der Waals surface area (Å²) in [6.07, 6.45) is 3.47. The van der Waals surface area contributed by atoms with Crippen molar-refractivity contribution in [2.75, 3.05) is 0 Å². The SMILES string of the molecule is CC(N)c1cncc(-c2ccc(C(=O)O)cc2)c1. The Morgan fingerprint density at radius 1 is 1.22 bits per heavy atom. The molecule has 4 nitrogen and oxygen atoms in total. The molecule has 18 heavy (non-hydrogen) atoms. The average molecular weight is 242 g/mol. The minimum absolute atomic E-state index is 0.0734. The van der Waals surface area contributed by atoms with E-state index in [0.717, 1.165) is 16.7 Å². The Bertz CT molecular complexity index is 562. The molecule has 1 aromatic heterocycles. The molecule has 1 atom stereocenters. The van der Waals surface area contributed by atoms with Crippen LogP contribution >= 0.6 is 0 Å². The highest BCUT2D eigenvalue weighted by Crippen LogP contribution is 2.21. The van der Waals surface area contributed by atoms with E-state index in [1.54, 1.807) is 36.7 Å². The van der Waals surface area contributed by atoms with Gasteiger partial charge >= 0.3 is 5.97 Å². The lowest BCUT2D eigenvalue weighted by molar-refractivity contribution is 0.0697. The first kappa shape index (κ1) is 12.3. The van der Waals surface area contributed by atoms with E-state index < -0.39 is 5.97 Å². The second-order valence-electron chi connectivity index (χ2n) is 4.18. The fourth-order valence-electron chi connectivity index (χ4n) is 1.67. The van der Waals surface area contributed by atoms with Crippen LogP contribution in [0.15, 0.2) is 42.7 Å². The van der Waals surface area contributed by atoms with Gasteiger partial charge in [0.1, 0.15) is 0 Å².